The molecule has 4 saturated carbocycles. The molecular formula is C33H49NO6. The molecule has 0 unspecified atom stereocenters. The number of aliphatic hydroxyl groups excluding tert-OH is 2. The normalized spacial score (nSPS) is 51.4. The van der Waals surface area contributed by atoms with E-state index in [1.807, 2.05) is 6.92 Å². The Balaban J connectivity index is 1.13. The number of fused-ring (bicyclic) bond motifs is 4. The highest BCUT2D eigenvalue weighted by molar-refractivity contribution is 5.90. The molecule has 0 aromatic carbocycles. The fraction of sp³-hybridized carbons (Fsp3) is 0.879. The van der Waals surface area contributed by atoms with Crippen molar-refractivity contribution in [2.24, 2.45) is 40.4 Å². The van der Waals surface area contributed by atoms with Crippen molar-refractivity contribution in [3.63, 3.8) is 0 Å². The number of carbonyl (C=O) groups is 2. The van der Waals surface area contributed by atoms with Gasteiger partial charge < -0.3 is 19.7 Å². The number of likely N-dealkylation sites (tertiary alicyclic amines) is 1. The number of aliphatic hydroxyl groups is 2. The summed E-state index contributed by atoms with van der Waals surface area (Å²) in [6, 6.07) is -0.102. The van der Waals surface area contributed by atoms with Crippen LogP contribution in [0, 0.1) is 40.4 Å². The van der Waals surface area contributed by atoms with Crippen LogP contribution in [-0.2, 0) is 19.1 Å². The summed E-state index contributed by atoms with van der Waals surface area (Å²) in [4.78, 5) is 29.2. The van der Waals surface area contributed by atoms with Crippen LogP contribution in [0.2, 0.25) is 0 Å². The van der Waals surface area contributed by atoms with E-state index < -0.39 is 17.1 Å². The predicted molar refractivity (Wildman–Crippen MR) is 149 cm³/mol. The third-order valence-corrected chi connectivity index (χ3v) is 13.9. The first-order valence-electron chi connectivity index (χ1n) is 16.2. The van der Waals surface area contributed by atoms with Crippen LogP contribution < -0.4 is 0 Å². The molecule has 7 nitrogen and oxygen atoms in total. The molecule has 2 saturated heterocycles. The number of Topliss-reactive ketones (excluding diaryl/α,β-unsaturated/α-hetero) is 1. The molecule has 7 heteroatoms. The number of esters is 1. The minimum Gasteiger partial charge on any atom is -0.458 e. The molecule has 0 radical (unpaired) electrons. The van der Waals surface area contributed by atoms with Gasteiger partial charge in [-0.15, -0.1) is 0 Å². The zero-order valence-electron chi connectivity index (χ0n) is 24.9. The molecule has 2 N–H and O–H groups in total. The molecule has 0 bridgehead atoms. The lowest BCUT2D eigenvalue weighted by atomic mass is 9.43. The summed E-state index contributed by atoms with van der Waals surface area (Å²) in [7, 11) is 0. The molecule has 3 aliphatic heterocycles. The summed E-state index contributed by atoms with van der Waals surface area (Å²) in [5.41, 5.74) is 0.205. The highest BCUT2D eigenvalue weighted by Gasteiger charge is 2.82. The number of nitrogens with zero attached hydrogens (tertiary/aromatic N) is 1. The number of piperidine rings is 1. The molecular weight excluding hydrogens is 506 g/mol. The molecule has 0 amide bonds. The number of carbonyl (C=O) groups excluding carboxylic acids is 2. The van der Waals surface area contributed by atoms with Crippen molar-refractivity contribution in [3.8, 4) is 0 Å². The Labute approximate surface area is 239 Å². The van der Waals surface area contributed by atoms with E-state index in [2.05, 4.69) is 25.7 Å². The van der Waals surface area contributed by atoms with Crippen LogP contribution in [0.5, 0.6) is 0 Å². The van der Waals surface area contributed by atoms with Crippen molar-refractivity contribution in [1.29, 1.82) is 0 Å². The number of hydrogen-bond acceptors (Lipinski definition) is 7. The molecule has 7 rings (SSSR count). The fourth-order valence-electron chi connectivity index (χ4n) is 11.6. The Morgan fingerprint density at radius 3 is 2.50 bits per heavy atom. The first-order valence-corrected chi connectivity index (χ1v) is 16.2. The van der Waals surface area contributed by atoms with E-state index >= 15 is 0 Å². The number of rotatable bonds is 4. The Morgan fingerprint density at radius 1 is 1.05 bits per heavy atom. The third kappa shape index (κ3) is 3.50. The Bertz CT molecular complexity index is 1110. The average molecular weight is 556 g/mol. The number of cyclic esters (lactones) is 1. The van der Waals surface area contributed by atoms with Gasteiger partial charge in [0.05, 0.1) is 23.7 Å². The SMILES string of the molecule is CC1=C(CO)C(=O)O[C@@H]([C@@H](C)[C@H]2CC[C@H]3[C@@H]4C[C@H]5O[C@]56[C@@H](O)[C@@H](N5CCCCC5)CC(=O)[C@]6(C)[C@H]4CC[C@]23C)C1. The van der Waals surface area contributed by atoms with E-state index in [0.29, 0.717) is 42.0 Å². The number of ketones is 1. The van der Waals surface area contributed by atoms with E-state index in [1.165, 1.54) is 6.42 Å². The fourth-order valence-corrected chi connectivity index (χ4v) is 11.6. The zero-order chi connectivity index (χ0) is 28.2. The maximum absolute atomic E-state index is 14.2. The lowest BCUT2D eigenvalue weighted by Crippen LogP contribution is -2.70. The maximum atomic E-state index is 14.2. The molecule has 12 atom stereocenters. The third-order valence-electron chi connectivity index (χ3n) is 13.9. The lowest BCUT2D eigenvalue weighted by molar-refractivity contribution is -0.176. The Morgan fingerprint density at radius 2 is 1.80 bits per heavy atom. The van der Waals surface area contributed by atoms with Crippen molar-refractivity contribution < 1.29 is 29.3 Å². The van der Waals surface area contributed by atoms with Crippen LogP contribution in [0.3, 0.4) is 0 Å². The van der Waals surface area contributed by atoms with Crippen molar-refractivity contribution in [2.75, 3.05) is 19.7 Å². The Hall–Kier alpha value is -1.28. The van der Waals surface area contributed by atoms with E-state index in [9.17, 15) is 19.8 Å². The lowest BCUT2D eigenvalue weighted by Gasteiger charge is -2.60. The molecule has 1 spiro atoms. The van der Waals surface area contributed by atoms with Gasteiger partial charge in [0.1, 0.15) is 23.6 Å². The van der Waals surface area contributed by atoms with Crippen LogP contribution >= 0.6 is 0 Å². The first kappa shape index (κ1) is 27.5. The highest BCUT2D eigenvalue weighted by Crippen LogP contribution is 2.74. The minimum absolute atomic E-state index is 0.0203. The second-order valence-corrected chi connectivity index (χ2v) is 15.1. The second-order valence-electron chi connectivity index (χ2n) is 15.1. The van der Waals surface area contributed by atoms with E-state index in [0.717, 1.165) is 63.6 Å². The first-order chi connectivity index (χ1) is 19.1. The summed E-state index contributed by atoms with van der Waals surface area (Å²) in [6.07, 6.45) is 9.22. The standard InChI is InChI=1S/C33H49NO6/c1-18-14-26(39-30(38)21(18)17-35)19(2)22-8-9-23-20-15-28-33(40-28)29(37)25(34-12-6-5-7-13-34)16-27(36)32(33,4)24(20)10-11-31(22,23)3/h19-20,22-26,28-29,35,37H,5-17H2,1-4H3/t19-,20-,22+,23-,24-,25-,26+,28+,29-,31+,32-,33-/m0/s1. The van der Waals surface area contributed by atoms with Gasteiger partial charge in [-0.3, -0.25) is 9.69 Å². The minimum atomic E-state index is -0.699. The predicted octanol–water partition coefficient (Wildman–Crippen LogP) is 4.04. The van der Waals surface area contributed by atoms with Crippen LogP contribution in [0.25, 0.3) is 0 Å². The number of hydrogen-bond donors (Lipinski definition) is 2. The van der Waals surface area contributed by atoms with Gasteiger partial charge in [0, 0.05) is 18.9 Å². The van der Waals surface area contributed by atoms with E-state index in [-0.39, 0.29) is 48.1 Å². The molecule has 4 aliphatic carbocycles. The molecule has 7 aliphatic rings. The quantitative estimate of drug-likeness (QED) is 0.399. The van der Waals surface area contributed by atoms with Gasteiger partial charge in [-0.25, -0.2) is 4.79 Å². The van der Waals surface area contributed by atoms with Gasteiger partial charge in [0.2, 0.25) is 0 Å². The van der Waals surface area contributed by atoms with Gasteiger partial charge in [0.15, 0.2) is 0 Å². The molecule has 0 aromatic rings. The largest absolute Gasteiger partial charge is 0.458 e. The van der Waals surface area contributed by atoms with Gasteiger partial charge >= 0.3 is 5.97 Å². The van der Waals surface area contributed by atoms with E-state index in [1.54, 1.807) is 0 Å². The summed E-state index contributed by atoms with van der Waals surface area (Å²) < 4.78 is 12.5. The van der Waals surface area contributed by atoms with Gasteiger partial charge in [-0.2, -0.15) is 0 Å². The van der Waals surface area contributed by atoms with Crippen molar-refractivity contribution in [1.82, 2.24) is 4.90 Å². The number of ether oxygens (including phenoxy) is 2. The maximum Gasteiger partial charge on any atom is 0.336 e. The van der Waals surface area contributed by atoms with Crippen molar-refractivity contribution in [3.05, 3.63) is 11.1 Å². The van der Waals surface area contributed by atoms with Crippen LogP contribution in [-0.4, -0.2) is 76.5 Å². The van der Waals surface area contributed by atoms with E-state index in [4.69, 9.17) is 9.47 Å². The second kappa shape index (κ2) is 9.36. The van der Waals surface area contributed by atoms with Crippen molar-refractivity contribution >= 4 is 11.8 Å². The molecule has 222 valence electrons. The zero-order valence-corrected chi connectivity index (χ0v) is 24.9. The average Bonchev–Trinajstić information content (AvgIpc) is 3.57. The highest BCUT2D eigenvalue weighted by atomic mass is 16.6. The Kier molecular flexibility index (Phi) is 6.44. The molecule has 0 aromatic heterocycles. The summed E-state index contributed by atoms with van der Waals surface area (Å²) in [6.45, 7) is 10.5. The van der Waals surface area contributed by atoms with Gasteiger partial charge in [-0.05, 0) is 107 Å². The summed E-state index contributed by atoms with van der Waals surface area (Å²) in [5.74, 6) is 1.87. The molecule has 6 fully saturated rings. The van der Waals surface area contributed by atoms with Crippen LogP contribution in [0.4, 0.5) is 0 Å². The van der Waals surface area contributed by atoms with Gasteiger partial charge in [0.25, 0.3) is 0 Å². The molecule has 3 heterocycles. The van der Waals surface area contributed by atoms with Crippen LogP contribution in [0.15, 0.2) is 11.1 Å². The van der Waals surface area contributed by atoms with Crippen LogP contribution in [0.1, 0.15) is 91.9 Å². The topological polar surface area (TPSA) is 99.6 Å². The van der Waals surface area contributed by atoms with Crippen molar-refractivity contribution in [2.45, 2.75) is 122 Å². The number of epoxide rings is 1. The monoisotopic (exact) mass is 555 g/mol. The molecule has 40 heavy (non-hydrogen) atoms. The smallest absolute Gasteiger partial charge is 0.336 e. The van der Waals surface area contributed by atoms with Gasteiger partial charge in [-0.1, -0.05) is 25.8 Å². The summed E-state index contributed by atoms with van der Waals surface area (Å²) in [5, 5.41) is 21.5. The summed E-state index contributed by atoms with van der Waals surface area (Å²) >= 11 is 0.